The molecule has 9 nitrogen and oxygen atoms in total. The molecule has 2 unspecified atom stereocenters. The molecule has 33 heavy (non-hydrogen) atoms. The molecule has 176 valence electrons. The number of hydrogen-bond acceptors (Lipinski definition) is 6. The van der Waals surface area contributed by atoms with Crippen molar-refractivity contribution in [1.82, 2.24) is 14.9 Å². The van der Waals surface area contributed by atoms with Crippen molar-refractivity contribution < 1.29 is 26.4 Å². The number of carbonyl (C=O) groups is 1. The highest BCUT2D eigenvalue weighted by Crippen LogP contribution is 2.36. The molecular weight excluding hydrogens is 482 g/mol. The smallest absolute Gasteiger partial charge is 0.391 e. The molecule has 0 spiro atoms. The SMILES string of the molecule is Cc1cc(F)c(F)c(C(C)C(NS(=O)(=O)c2ccc(Cl)cc2C(N)=O)c2n[nH]c(=O)o2)c1C. The van der Waals surface area contributed by atoms with Crippen LogP contribution < -0.4 is 16.2 Å². The fourth-order valence-electron chi connectivity index (χ4n) is 3.48. The zero-order valence-corrected chi connectivity index (χ0v) is 19.1. The second kappa shape index (κ2) is 9.04. The van der Waals surface area contributed by atoms with E-state index in [2.05, 4.69) is 9.82 Å². The summed E-state index contributed by atoms with van der Waals surface area (Å²) in [5.41, 5.74) is 5.55. The molecule has 4 N–H and O–H groups in total. The molecule has 2 atom stereocenters. The molecule has 3 aromatic rings. The number of benzene rings is 2. The Morgan fingerprint density at radius 1 is 1.27 bits per heavy atom. The van der Waals surface area contributed by atoms with E-state index in [4.69, 9.17) is 21.8 Å². The number of hydrogen-bond donors (Lipinski definition) is 3. The average molecular weight is 501 g/mol. The van der Waals surface area contributed by atoms with E-state index in [1.165, 1.54) is 13.0 Å². The largest absolute Gasteiger partial charge is 0.434 e. The average Bonchev–Trinajstić information content (AvgIpc) is 3.16. The predicted molar refractivity (Wildman–Crippen MR) is 114 cm³/mol. The Balaban J connectivity index is 2.17. The summed E-state index contributed by atoms with van der Waals surface area (Å²) in [6.07, 6.45) is 0. The second-order valence-corrected chi connectivity index (χ2v) is 9.49. The van der Waals surface area contributed by atoms with Gasteiger partial charge in [-0.15, -0.1) is 5.10 Å². The summed E-state index contributed by atoms with van der Waals surface area (Å²) in [6, 6.07) is 2.91. The van der Waals surface area contributed by atoms with Crippen LogP contribution in [0.5, 0.6) is 0 Å². The number of H-pyrrole nitrogens is 1. The topological polar surface area (TPSA) is 148 Å². The van der Waals surface area contributed by atoms with Gasteiger partial charge in [0.1, 0.15) is 6.04 Å². The highest BCUT2D eigenvalue weighted by molar-refractivity contribution is 7.89. The summed E-state index contributed by atoms with van der Waals surface area (Å²) in [6.45, 7) is 4.51. The molecule has 0 aliphatic carbocycles. The first-order valence-corrected chi connectivity index (χ1v) is 11.3. The van der Waals surface area contributed by atoms with E-state index in [1.54, 1.807) is 13.8 Å². The first-order chi connectivity index (χ1) is 15.3. The fraction of sp³-hybridized carbons (Fsp3) is 0.250. The monoisotopic (exact) mass is 500 g/mol. The minimum Gasteiger partial charge on any atom is -0.391 e. The molecule has 0 radical (unpaired) electrons. The lowest BCUT2D eigenvalue weighted by Crippen LogP contribution is -2.34. The van der Waals surface area contributed by atoms with Crippen LogP contribution in [-0.2, 0) is 10.0 Å². The standard InChI is InChI=1S/C20H19ClF2N4O5S/c1-8-6-13(22)16(23)15(9(8)2)10(3)17(19-25-26-20(29)32-19)27-33(30,31)14-5-4-11(21)7-12(14)18(24)28/h4-7,10,17,27H,1-3H3,(H2,24,28)(H,26,29). The van der Waals surface area contributed by atoms with Crippen molar-refractivity contribution in [3.63, 3.8) is 0 Å². The van der Waals surface area contributed by atoms with Crippen LogP contribution in [-0.4, -0.2) is 24.5 Å². The van der Waals surface area contributed by atoms with Crippen molar-refractivity contribution in [2.45, 2.75) is 37.6 Å². The van der Waals surface area contributed by atoms with Gasteiger partial charge in [-0.25, -0.2) is 27.1 Å². The van der Waals surface area contributed by atoms with Gasteiger partial charge < -0.3 is 10.2 Å². The van der Waals surface area contributed by atoms with E-state index in [0.717, 1.165) is 18.2 Å². The lowest BCUT2D eigenvalue weighted by molar-refractivity contribution is 0.0997. The number of primary amides is 1. The minimum absolute atomic E-state index is 0.0684. The molecular formula is C20H19ClF2N4O5S. The maximum absolute atomic E-state index is 14.8. The summed E-state index contributed by atoms with van der Waals surface area (Å²) in [5, 5.41) is 5.73. The molecule has 0 fully saturated rings. The van der Waals surface area contributed by atoms with Gasteiger partial charge in [0.2, 0.25) is 21.8 Å². The number of nitrogens with one attached hydrogen (secondary N) is 2. The Hall–Kier alpha value is -3.09. The van der Waals surface area contributed by atoms with Gasteiger partial charge in [0, 0.05) is 10.9 Å². The Kier molecular flexibility index (Phi) is 6.73. The molecule has 1 aromatic heterocycles. The Labute approximate surface area is 192 Å². The van der Waals surface area contributed by atoms with Gasteiger partial charge in [0.25, 0.3) is 0 Å². The summed E-state index contributed by atoms with van der Waals surface area (Å²) >= 11 is 5.85. The van der Waals surface area contributed by atoms with Gasteiger partial charge >= 0.3 is 5.76 Å². The van der Waals surface area contributed by atoms with Gasteiger partial charge in [0.05, 0.1) is 10.5 Å². The van der Waals surface area contributed by atoms with E-state index in [1.807, 2.05) is 5.10 Å². The van der Waals surface area contributed by atoms with Crippen LogP contribution in [0.2, 0.25) is 5.02 Å². The van der Waals surface area contributed by atoms with Gasteiger partial charge in [-0.1, -0.05) is 18.5 Å². The molecule has 1 amide bonds. The van der Waals surface area contributed by atoms with Crippen LogP contribution in [0.4, 0.5) is 8.78 Å². The highest BCUT2D eigenvalue weighted by atomic mass is 35.5. The molecule has 0 aliphatic rings. The Morgan fingerprint density at radius 3 is 2.52 bits per heavy atom. The number of aromatic nitrogens is 2. The normalized spacial score (nSPS) is 13.6. The zero-order chi connectivity index (χ0) is 24.7. The predicted octanol–water partition coefficient (Wildman–Crippen LogP) is 2.83. The second-order valence-electron chi connectivity index (χ2n) is 7.37. The van der Waals surface area contributed by atoms with Crippen LogP contribution in [0.3, 0.4) is 0 Å². The van der Waals surface area contributed by atoms with Crippen molar-refractivity contribution in [1.29, 1.82) is 0 Å². The summed E-state index contributed by atoms with van der Waals surface area (Å²) in [5.74, 6) is -5.89. The number of rotatable bonds is 7. The zero-order valence-electron chi connectivity index (χ0n) is 17.6. The summed E-state index contributed by atoms with van der Waals surface area (Å²) in [4.78, 5) is 22.8. The van der Waals surface area contributed by atoms with E-state index in [0.29, 0.717) is 11.1 Å². The molecule has 1 heterocycles. The maximum Gasteiger partial charge on any atom is 0.434 e. The molecule has 2 aromatic carbocycles. The van der Waals surface area contributed by atoms with Crippen molar-refractivity contribution in [3.8, 4) is 0 Å². The lowest BCUT2D eigenvalue weighted by Gasteiger charge is -2.25. The van der Waals surface area contributed by atoms with Crippen LogP contribution in [0, 0.1) is 25.5 Å². The van der Waals surface area contributed by atoms with Crippen LogP contribution in [0.1, 0.15) is 51.8 Å². The number of aryl methyl sites for hydroxylation is 1. The highest BCUT2D eigenvalue weighted by Gasteiger charge is 2.35. The first-order valence-electron chi connectivity index (χ1n) is 9.45. The molecule has 0 saturated carbocycles. The number of aromatic amines is 1. The van der Waals surface area contributed by atoms with Gasteiger partial charge in [-0.2, -0.15) is 4.72 Å². The number of carbonyl (C=O) groups excluding carboxylic acids is 1. The fourth-order valence-corrected chi connectivity index (χ4v) is 5.11. The van der Waals surface area contributed by atoms with E-state index in [-0.39, 0.29) is 10.6 Å². The van der Waals surface area contributed by atoms with Crippen LogP contribution in [0.15, 0.2) is 38.4 Å². The maximum atomic E-state index is 14.8. The van der Waals surface area contributed by atoms with Gasteiger partial charge in [-0.05, 0) is 54.8 Å². The molecule has 13 heteroatoms. The number of nitrogens with two attached hydrogens (primary N) is 1. The first kappa shape index (κ1) is 24.6. The molecule has 0 bridgehead atoms. The molecule has 0 aliphatic heterocycles. The Morgan fingerprint density at radius 2 is 1.94 bits per heavy atom. The third-order valence-corrected chi connectivity index (χ3v) is 6.97. The van der Waals surface area contributed by atoms with Crippen molar-refractivity contribution in [3.05, 3.63) is 79.6 Å². The third-order valence-electron chi connectivity index (χ3n) is 5.24. The molecule has 0 saturated heterocycles. The van der Waals surface area contributed by atoms with Crippen molar-refractivity contribution in [2.75, 3.05) is 0 Å². The Bertz CT molecular complexity index is 1380. The number of amides is 1. The number of nitrogens with zero attached hydrogens (tertiary/aromatic N) is 1. The molecule has 3 rings (SSSR count). The minimum atomic E-state index is -4.53. The third kappa shape index (κ3) is 4.82. The van der Waals surface area contributed by atoms with Crippen LogP contribution >= 0.6 is 11.6 Å². The van der Waals surface area contributed by atoms with E-state index in [9.17, 15) is 26.8 Å². The van der Waals surface area contributed by atoms with Gasteiger partial charge in [0.15, 0.2) is 11.6 Å². The lowest BCUT2D eigenvalue weighted by atomic mass is 9.88. The van der Waals surface area contributed by atoms with Gasteiger partial charge in [-0.3, -0.25) is 4.79 Å². The van der Waals surface area contributed by atoms with Crippen molar-refractivity contribution in [2.24, 2.45) is 5.73 Å². The van der Waals surface area contributed by atoms with E-state index < -0.39 is 61.6 Å². The quantitative estimate of drug-likeness (QED) is 0.454. The number of halogens is 3. The summed E-state index contributed by atoms with van der Waals surface area (Å²) in [7, 11) is -4.53. The number of sulfonamides is 1. The van der Waals surface area contributed by atoms with Crippen LogP contribution in [0.25, 0.3) is 0 Å². The summed E-state index contributed by atoms with van der Waals surface area (Å²) < 4.78 is 62.6. The van der Waals surface area contributed by atoms with E-state index >= 15 is 0 Å². The van der Waals surface area contributed by atoms with Crippen molar-refractivity contribution >= 4 is 27.5 Å².